The first-order valence-electron chi connectivity index (χ1n) is 5.79. The van der Waals surface area contributed by atoms with Crippen molar-refractivity contribution in [1.29, 1.82) is 0 Å². The van der Waals surface area contributed by atoms with Crippen molar-refractivity contribution in [3.8, 4) is 0 Å². The fourth-order valence-electron chi connectivity index (χ4n) is 1.72. The summed E-state index contributed by atoms with van der Waals surface area (Å²) in [5.74, 6) is 0.712. The molecule has 0 amide bonds. The van der Waals surface area contributed by atoms with Gasteiger partial charge in [-0.2, -0.15) is 0 Å². The Hall–Kier alpha value is -1.14. The zero-order chi connectivity index (χ0) is 13.8. The van der Waals surface area contributed by atoms with Crippen molar-refractivity contribution in [3.63, 3.8) is 0 Å². The van der Waals surface area contributed by atoms with E-state index in [0.29, 0.717) is 23.4 Å². The van der Waals surface area contributed by atoms with Crippen LogP contribution in [0.2, 0.25) is 0 Å². The highest BCUT2D eigenvalue weighted by molar-refractivity contribution is 9.10. The van der Waals surface area contributed by atoms with E-state index in [2.05, 4.69) is 42.2 Å². The third kappa shape index (κ3) is 3.67. The van der Waals surface area contributed by atoms with E-state index in [0.717, 1.165) is 10.2 Å². The molecule has 2 rings (SSSR count). The summed E-state index contributed by atoms with van der Waals surface area (Å²) in [5.41, 5.74) is 0.964. The average molecular weight is 387 g/mol. The molecule has 0 saturated heterocycles. The van der Waals surface area contributed by atoms with Gasteiger partial charge in [-0.25, -0.2) is 4.98 Å². The van der Waals surface area contributed by atoms with E-state index in [-0.39, 0.29) is 5.56 Å². The Kier molecular flexibility index (Phi) is 4.76. The zero-order valence-corrected chi connectivity index (χ0v) is 13.5. The molecule has 0 aliphatic heterocycles. The van der Waals surface area contributed by atoms with Crippen LogP contribution in [0.5, 0.6) is 0 Å². The van der Waals surface area contributed by atoms with Gasteiger partial charge in [-0.1, -0.05) is 22.0 Å². The first-order chi connectivity index (χ1) is 9.08. The molecule has 0 aliphatic carbocycles. The molecule has 19 heavy (non-hydrogen) atoms. The summed E-state index contributed by atoms with van der Waals surface area (Å²) in [4.78, 5) is 16.1. The summed E-state index contributed by atoms with van der Waals surface area (Å²) in [6.07, 6.45) is 1.54. The number of nitrogens with one attached hydrogen (secondary N) is 1. The van der Waals surface area contributed by atoms with Gasteiger partial charge in [0.15, 0.2) is 0 Å². The standard InChI is InChI=1S/C13H13Br2N3O/c1-9-17-8-12(15)13(19)18(9)6-5-16-11-4-2-3-10(14)7-11/h2-4,7-8,16H,5-6H2,1H3. The van der Waals surface area contributed by atoms with Crippen LogP contribution in [0.15, 0.2) is 44.2 Å². The van der Waals surface area contributed by atoms with Crippen molar-refractivity contribution in [3.05, 3.63) is 55.6 Å². The number of anilines is 1. The van der Waals surface area contributed by atoms with Crippen molar-refractivity contribution in [2.45, 2.75) is 13.5 Å². The Labute approximate surface area is 128 Å². The number of nitrogens with zero attached hydrogens (tertiary/aromatic N) is 2. The zero-order valence-electron chi connectivity index (χ0n) is 10.4. The largest absolute Gasteiger partial charge is 0.383 e. The van der Waals surface area contributed by atoms with Crippen LogP contribution in [0.3, 0.4) is 0 Å². The Morgan fingerprint density at radius 1 is 1.37 bits per heavy atom. The van der Waals surface area contributed by atoms with E-state index in [1.807, 2.05) is 31.2 Å². The van der Waals surface area contributed by atoms with Gasteiger partial charge < -0.3 is 5.32 Å². The maximum Gasteiger partial charge on any atom is 0.267 e. The summed E-state index contributed by atoms with van der Waals surface area (Å²) < 4.78 is 3.16. The Morgan fingerprint density at radius 2 is 2.16 bits per heavy atom. The van der Waals surface area contributed by atoms with Gasteiger partial charge in [0.05, 0.1) is 0 Å². The van der Waals surface area contributed by atoms with Crippen molar-refractivity contribution in [2.24, 2.45) is 0 Å². The summed E-state index contributed by atoms with van der Waals surface area (Å²) in [7, 11) is 0. The Morgan fingerprint density at radius 3 is 2.89 bits per heavy atom. The molecule has 1 N–H and O–H groups in total. The van der Waals surface area contributed by atoms with Crippen molar-refractivity contribution in [2.75, 3.05) is 11.9 Å². The van der Waals surface area contributed by atoms with Crippen LogP contribution in [0.25, 0.3) is 0 Å². The molecular formula is C13H13Br2N3O. The van der Waals surface area contributed by atoms with Gasteiger partial charge in [-0.3, -0.25) is 9.36 Å². The molecule has 0 bridgehead atoms. The summed E-state index contributed by atoms with van der Waals surface area (Å²) in [6, 6.07) is 7.91. The lowest BCUT2D eigenvalue weighted by Crippen LogP contribution is -2.27. The lowest BCUT2D eigenvalue weighted by molar-refractivity contribution is 0.649. The van der Waals surface area contributed by atoms with E-state index >= 15 is 0 Å². The van der Waals surface area contributed by atoms with Gasteiger partial charge in [0.2, 0.25) is 0 Å². The topological polar surface area (TPSA) is 46.9 Å². The number of aryl methyl sites for hydroxylation is 1. The lowest BCUT2D eigenvalue weighted by atomic mass is 10.3. The number of hydrogen-bond acceptors (Lipinski definition) is 3. The van der Waals surface area contributed by atoms with E-state index < -0.39 is 0 Å². The molecule has 2 aromatic rings. The first-order valence-corrected chi connectivity index (χ1v) is 7.38. The van der Waals surface area contributed by atoms with Crippen LogP contribution in [0.4, 0.5) is 5.69 Å². The SMILES string of the molecule is Cc1ncc(Br)c(=O)n1CCNc1cccc(Br)c1. The van der Waals surface area contributed by atoms with Gasteiger partial charge in [0.25, 0.3) is 5.56 Å². The van der Waals surface area contributed by atoms with E-state index in [1.165, 1.54) is 6.20 Å². The minimum absolute atomic E-state index is 0.0523. The molecule has 4 nitrogen and oxygen atoms in total. The molecule has 100 valence electrons. The van der Waals surface area contributed by atoms with Gasteiger partial charge >= 0.3 is 0 Å². The van der Waals surface area contributed by atoms with E-state index in [4.69, 9.17) is 0 Å². The predicted molar refractivity (Wildman–Crippen MR) is 83.6 cm³/mol. The average Bonchev–Trinajstić information content (AvgIpc) is 2.38. The second kappa shape index (κ2) is 6.34. The number of halogens is 2. The third-order valence-electron chi connectivity index (χ3n) is 2.69. The maximum atomic E-state index is 11.9. The minimum atomic E-state index is -0.0523. The van der Waals surface area contributed by atoms with E-state index in [1.54, 1.807) is 4.57 Å². The number of aromatic nitrogens is 2. The van der Waals surface area contributed by atoms with Crippen LogP contribution in [-0.4, -0.2) is 16.1 Å². The molecule has 0 spiro atoms. The summed E-state index contributed by atoms with van der Waals surface area (Å²) in [5, 5.41) is 3.28. The number of hydrogen-bond donors (Lipinski definition) is 1. The van der Waals surface area contributed by atoms with Gasteiger partial charge in [-0.15, -0.1) is 0 Å². The molecule has 0 unspecified atom stereocenters. The second-order valence-corrected chi connectivity index (χ2v) is 5.82. The van der Waals surface area contributed by atoms with Crippen LogP contribution in [-0.2, 0) is 6.54 Å². The van der Waals surface area contributed by atoms with Crippen LogP contribution in [0, 0.1) is 6.92 Å². The summed E-state index contributed by atoms with van der Waals surface area (Å²) in [6.45, 7) is 3.06. The van der Waals surface area contributed by atoms with Crippen LogP contribution in [0.1, 0.15) is 5.82 Å². The Bertz CT molecular complexity index is 640. The highest BCUT2D eigenvalue weighted by Gasteiger charge is 2.04. The molecular weight excluding hydrogens is 374 g/mol. The second-order valence-electron chi connectivity index (χ2n) is 4.05. The fourth-order valence-corrected chi connectivity index (χ4v) is 2.44. The minimum Gasteiger partial charge on any atom is -0.383 e. The van der Waals surface area contributed by atoms with Gasteiger partial charge in [-0.05, 0) is 41.1 Å². The summed E-state index contributed by atoms with van der Waals surface area (Å²) >= 11 is 6.62. The molecule has 1 aromatic heterocycles. The molecule has 1 aromatic carbocycles. The Balaban J connectivity index is 2.04. The number of benzene rings is 1. The highest BCUT2D eigenvalue weighted by atomic mass is 79.9. The van der Waals surface area contributed by atoms with Crippen molar-refractivity contribution >= 4 is 37.5 Å². The van der Waals surface area contributed by atoms with Crippen molar-refractivity contribution in [1.82, 2.24) is 9.55 Å². The van der Waals surface area contributed by atoms with E-state index in [9.17, 15) is 4.79 Å². The smallest absolute Gasteiger partial charge is 0.267 e. The fraction of sp³-hybridized carbons (Fsp3) is 0.231. The molecule has 6 heteroatoms. The predicted octanol–water partition coefficient (Wildman–Crippen LogP) is 3.19. The normalized spacial score (nSPS) is 10.5. The highest BCUT2D eigenvalue weighted by Crippen LogP contribution is 2.15. The quantitative estimate of drug-likeness (QED) is 0.877. The van der Waals surface area contributed by atoms with Crippen LogP contribution < -0.4 is 10.9 Å². The lowest BCUT2D eigenvalue weighted by Gasteiger charge is -2.11. The number of rotatable bonds is 4. The first kappa shape index (κ1) is 14.3. The molecule has 0 aliphatic rings. The molecule has 0 fully saturated rings. The molecule has 0 radical (unpaired) electrons. The van der Waals surface area contributed by atoms with Gasteiger partial charge in [0.1, 0.15) is 10.3 Å². The third-order valence-corrected chi connectivity index (χ3v) is 3.73. The molecule has 0 saturated carbocycles. The van der Waals surface area contributed by atoms with Crippen molar-refractivity contribution < 1.29 is 0 Å². The molecule has 1 heterocycles. The maximum absolute atomic E-state index is 11.9. The monoisotopic (exact) mass is 385 g/mol. The van der Waals surface area contributed by atoms with Gasteiger partial charge in [0, 0.05) is 29.4 Å². The van der Waals surface area contributed by atoms with Crippen LogP contribution >= 0.6 is 31.9 Å². The molecule has 0 atom stereocenters.